The average Bonchev–Trinajstić information content (AvgIpc) is 2.27. The Labute approximate surface area is 113 Å². The highest BCUT2D eigenvalue weighted by atomic mass is 32.2. The van der Waals surface area contributed by atoms with E-state index in [1.54, 1.807) is 20.8 Å². The largest absolute Gasteiger partial charge is 0.294 e. The fourth-order valence-electron chi connectivity index (χ4n) is 1.76. The zero-order valence-electron chi connectivity index (χ0n) is 11.6. The minimum absolute atomic E-state index is 0.150. The van der Waals surface area contributed by atoms with Gasteiger partial charge in [0.05, 0.1) is 17.5 Å². The normalized spacial score (nSPS) is 14.2. The minimum atomic E-state index is -3.28. The fraction of sp³-hybridized carbons (Fsp3) is 0.500. The van der Waals surface area contributed by atoms with Crippen LogP contribution in [0.2, 0.25) is 0 Å². The molecule has 1 atom stereocenters. The number of halogens is 1. The van der Waals surface area contributed by atoms with Crippen LogP contribution in [0.15, 0.2) is 29.2 Å². The molecule has 19 heavy (non-hydrogen) atoms. The molecular formula is C14H19FO3S. The van der Waals surface area contributed by atoms with Crippen LogP contribution in [0.5, 0.6) is 0 Å². The maximum atomic E-state index is 13.0. The highest BCUT2D eigenvalue weighted by Gasteiger charge is 2.31. The zero-order valence-corrected chi connectivity index (χ0v) is 12.4. The predicted molar refractivity (Wildman–Crippen MR) is 72.8 cm³/mol. The van der Waals surface area contributed by atoms with Gasteiger partial charge in [-0.2, -0.15) is 0 Å². The van der Waals surface area contributed by atoms with Crippen LogP contribution in [0.4, 0.5) is 4.39 Å². The van der Waals surface area contributed by atoms with Gasteiger partial charge in [0.1, 0.15) is 0 Å². The molecular weight excluding hydrogens is 267 g/mol. The van der Waals surface area contributed by atoms with E-state index in [2.05, 4.69) is 0 Å². The molecule has 1 aromatic rings. The Morgan fingerprint density at radius 1 is 1.21 bits per heavy atom. The van der Waals surface area contributed by atoms with E-state index in [1.807, 2.05) is 0 Å². The van der Waals surface area contributed by atoms with Crippen molar-refractivity contribution in [2.45, 2.75) is 25.7 Å². The van der Waals surface area contributed by atoms with Gasteiger partial charge in [0.2, 0.25) is 0 Å². The lowest BCUT2D eigenvalue weighted by molar-refractivity contribution is 0.0775. The third kappa shape index (κ3) is 3.86. The number of carbonyl (C=O) groups excluding carboxylic acids is 1. The van der Waals surface area contributed by atoms with E-state index < -0.39 is 27.8 Å². The van der Waals surface area contributed by atoms with Crippen molar-refractivity contribution in [2.75, 3.05) is 12.9 Å². The Morgan fingerprint density at radius 2 is 1.68 bits per heavy atom. The molecule has 0 heterocycles. The van der Waals surface area contributed by atoms with E-state index in [-0.39, 0.29) is 10.7 Å². The molecule has 0 spiro atoms. The molecule has 0 saturated heterocycles. The van der Waals surface area contributed by atoms with Gasteiger partial charge in [0.15, 0.2) is 15.6 Å². The summed E-state index contributed by atoms with van der Waals surface area (Å²) in [4.78, 5) is 12.3. The third-order valence-corrected chi connectivity index (χ3v) is 4.21. The summed E-state index contributed by atoms with van der Waals surface area (Å²) in [6.45, 7) is 4.69. The van der Waals surface area contributed by atoms with Gasteiger partial charge in [0, 0.05) is 11.8 Å². The maximum absolute atomic E-state index is 13.0. The standard InChI is InChI=1S/C14H19FO3S/c1-14(2,3)12(9-15)13(16)10-5-7-11(8-6-10)19(4,17)18/h5-8,12H,9H2,1-4H3. The summed E-state index contributed by atoms with van der Waals surface area (Å²) < 4.78 is 35.7. The van der Waals surface area contributed by atoms with Gasteiger partial charge in [-0.3, -0.25) is 9.18 Å². The summed E-state index contributed by atoms with van der Waals surface area (Å²) in [7, 11) is -3.28. The predicted octanol–water partition coefficient (Wildman–Crippen LogP) is 2.90. The summed E-state index contributed by atoms with van der Waals surface area (Å²) in [5, 5.41) is 0. The Bertz CT molecular complexity index is 553. The van der Waals surface area contributed by atoms with E-state index in [0.29, 0.717) is 5.56 Å². The molecule has 0 radical (unpaired) electrons. The number of sulfone groups is 1. The average molecular weight is 286 g/mol. The molecule has 1 rings (SSSR count). The second kappa shape index (κ2) is 5.41. The second-order valence-electron chi connectivity index (χ2n) is 5.73. The number of rotatable bonds is 4. The van der Waals surface area contributed by atoms with E-state index >= 15 is 0 Å². The van der Waals surface area contributed by atoms with Crippen LogP contribution < -0.4 is 0 Å². The van der Waals surface area contributed by atoms with Gasteiger partial charge in [0.25, 0.3) is 0 Å². The maximum Gasteiger partial charge on any atom is 0.175 e. The summed E-state index contributed by atoms with van der Waals surface area (Å²) in [5.74, 6) is -1.02. The molecule has 0 aliphatic rings. The van der Waals surface area contributed by atoms with Crippen LogP contribution >= 0.6 is 0 Å². The molecule has 106 valence electrons. The summed E-state index contributed by atoms with van der Waals surface area (Å²) in [6.07, 6.45) is 1.10. The third-order valence-electron chi connectivity index (χ3n) is 3.08. The smallest absolute Gasteiger partial charge is 0.175 e. The molecule has 5 heteroatoms. The van der Waals surface area contributed by atoms with Crippen LogP contribution in [0.3, 0.4) is 0 Å². The minimum Gasteiger partial charge on any atom is -0.294 e. The summed E-state index contributed by atoms with van der Waals surface area (Å²) in [5.41, 5.74) is -0.133. The highest BCUT2D eigenvalue weighted by molar-refractivity contribution is 7.90. The number of Topliss-reactive ketones (excluding diaryl/α,β-unsaturated/α-hetero) is 1. The van der Waals surface area contributed by atoms with E-state index in [9.17, 15) is 17.6 Å². The summed E-state index contributed by atoms with van der Waals surface area (Å²) in [6, 6.07) is 5.63. The van der Waals surface area contributed by atoms with Crippen molar-refractivity contribution in [3.05, 3.63) is 29.8 Å². The van der Waals surface area contributed by atoms with Crippen molar-refractivity contribution in [2.24, 2.45) is 11.3 Å². The van der Waals surface area contributed by atoms with Gasteiger partial charge in [-0.1, -0.05) is 32.9 Å². The molecule has 1 unspecified atom stereocenters. The first-order valence-corrected chi connectivity index (χ1v) is 7.87. The monoisotopic (exact) mass is 286 g/mol. The van der Waals surface area contributed by atoms with Crippen molar-refractivity contribution in [1.29, 1.82) is 0 Å². The van der Waals surface area contributed by atoms with E-state index in [0.717, 1.165) is 6.26 Å². The Morgan fingerprint density at radius 3 is 2.00 bits per heavy atom. The number of hydrogen-bond acceptors (Lipinski definition) is 3. The van der Waals surface area contributed by atoms with Gasteiger partial charge in [-0.05, 0) is 17.5 Å². The molecule has 0 bridgehead atoms. The molecule has 0 amide bonds. The molecule has 0 aromatic heterocycles. The molecule has 1 aromatic carbocycles. The zero-order chi connectivity index (χ0) is 14.8. The van der Waals surface area contributed by atoms with Crippen LogP contribution in [0.1, 0.15) is 31.1 Å². The number of benzene rings is 1. The van der Waals surface area contributed by atoms with Crippen molar-refractivity contribution < 1.29 is 17.6 Å². The van der Waals surface area contributed by atoms with Crippen LogP contribution in [-0.4, -0.2) is 27.1 Å². The van der Waals surface area contributed by atoms with E-state index in [1.165, 1.54) is 24.3 Å². The number of carbonyl (C=O) groups is 1. The van der Waals surface area contributed by atoms with Crippen LogP contribution in [0, 0.1) is 11.3 Å². The number of hydrogen-bond donors (Lipinski definition) is 0. The first kappa shape index (κ1) is 15.8. The molecule has 0 fully saturated rings. The quantitative estimate of drug-likeness (QED) is 0.800. The lowest BCUT2D eigenvalue weighted by Crippen LogP contribution is -2.30. The first-order valence-electron chi connectivity index (χ1n) is 5.97. The van der Waals surface area contributed by atoms with Gasteiger partial charge < -0.3 is 0 Å². The van der Waals surface area contributed by atoms with Gasteiger partial charge in [-0.25, -0.2) is 8.42 Å². The second-order valence-corrected chi connectivity index (χ2v) is 7.75. The fourth-order valence-corrected chi connectivity index (χ4v) is 2.39. The highest BCUT2D eigenvalue weighted by Crippen LogP contribution is 2.29. The molecule has 0 aliphatic heterocycles. The topological polar surface area (TPSA) is 51.2 Å². The lowest BCUT2D eigenvalue weighted by Gasteiger charge is -2.27. The van der Waals surface area contributed by atoms with Gasteiger partial charge in [-0.15, -0.1) is 0 Å². The Hall–Kier alpha value is -1.23. The first-order chi connectivity index (χ1) is 8.57. The van der Waals surface area contributed by atoms with Crippen molar-refractivity contribution in [1.82, 2.24) is 0 Å². The van der Waals surface area contributed by atoms with E-state index in [4.69, 9.17) is 0 Å². The van der Waals surface area contributed by atoms with Crippen molar-refractivity contribution in [3.8, 4) is 0 Å². The van der Waals surface area contributed by atoms with Crippen LogP contribution in [0.25, 0.3) is 0 Å². The Balaban J connectivity index is 3.08. The molecule has 3 nitrogen and oxygen atoms in total. The summed E-state index contributed by atoms with van der Waals surface area (Å²) >= 11 is 0. The lowest BCUT2D eigenvalue weighted by atomic mass is 9.77. The SMILES string of the molecule is CC(C)(C)C(CF)C(=O)c1ccc(S(C)(=O)=O)cc1. The molecule has 0 aliphatic carbocycles. The number of ketones is 1. The number of alkyl halides is 1. The van der Waals surface area contributed by atoms with Gasteiger partial charge >= 0.3 is 0 Å². The van der Waals surface area contributed by atoms with Crippen LogP contribution in [-0.2, 0) is 9.84 Å². The molecule has 0 saturated carbocycles. The van der Waals surface area contributed by atoms with Crippen molar-refractivity contribution in [3.63, 3.8) is 0 Å². The van der Waals surface area contributed by atoms with Crippen molar-refractivity contribution >= 4 is 15.6 Å². The molecule has 0 N–H and O–H groups in total. The Kier molecular flexibility index (Phi) is 4.50.